The summed E-state index contributed by atoms with van der Waals surface area (Å²) in [7, 11) is 0. The number of nitrogens with zero attached hydrogens (tertiary/aromatic N) is 4. The van der Waals surface area contributed by atoms with E-state index in [9.17, 15) is 0 Å². The first-order chi connectivity index (χ1) is 27.7. The highest BCUT2D eigenvalue weighted by Crippen LogP contribution is 2.39. The number of hydrogen-bond donors (Lipinski definition) is 0. The molecule has 3 heterocycles. The summed E-state index contributed by atoms with van der Waals surface area (Å²) < 4.78 is 4.93. The van der Waals surface area contributed by atoms with E-state index < -0.39 is 0 Å². The summed E-state index contributed by atoms with van der Waals surface area (Å²) in [5.74, 6) is 1.88. The van der Waals surface area contributed by atoms with E-state index >= 15 is 0 Å². The molecule has 56 heavy (non-hydrogen) atoms. The lowest BCUT2D eigenvalue weighted by molar-refractivity contribution is 1.07. The van der Waals surface area contributed by atoms with Crippen LogP contribution in [0.3, 0.4) is 0 Å². The minimum Gasteiger partial charge on any atom is -0.309 e. The first kappa shape index (κ1) is 32.2. The van der Waals surface area contributed by atoms with Crippen molar-refractivity contribution < 1.29 is 0 Å². The predicted molar refractivity (Wildman–Crippen MR) is 234 cm³/mol. The Hall–Kier alpha value is -7.21. The second-order valence-corrected chi connectivity index (χ2v) is 15.1. The zero-order chi connectivity index (χ0) is 37.0. The minimum atomic E-state index is 0.618. The number of fused-ring (bicyclic) bond motifs is 6. The highest BCUT2D eigenvalue weighted by molar-refractivity contribution is 7.25. The van der Waals surface area contributed by atoms with Gasteiger partial charge in [0.2, 0.25) is 0 Å². The number of thiophene rings is 1. The Morgan fingerprint density at radius 2 is 0.768 bits per heavy atom. The molecule has 4 nitrogen and oxygen atoms in total. The average molecular weight is 733 g/mol. The van der Waals surface area contributed by atoms with Gasteiger partial charge in [0.15, 0.2) is 17.5 Å². The monoisotopic (exact) mass is 732 g/mol. The molecular formula is C51H32N4S. The Labute approximate surface area is 327 Å². The van der Waals surface area contributed by atoms with Crippen molar-refractivity contribution in [2.45, 2.75) is 0 Å². The van der Waals surface area contributed by atoms with Crippen molar-refractivity contribution in [3.05, 3.63) is 194 Å². The van der Waals surface area contributed by atoms with E-state index in [0.717, 1.165) is 50.1 Å². The fourth-order valence-electron chi connectivity index (χ4n) is 7.94. The first-order valence-electron chi connectivity index (χ1n) is 18.8. The lowest BCUT2D eigenvalue weighted by Gasteiger charge is -2.14. The van der Waals surface area contributed by atoms with Gasteiger partial charge in [-0.05, 0) is 64.7 Å². The Balaban J connectivity index is 1.14. The summed E-state index contributed by atoms with van der Waals surface area (Å²) >= 11 is 1.84. The van der Waals surface area contributed by atoms with Gasteiger partial charge in [0.25, 0.3) is 0 Å². The molecule has 0 saturated heterocycles. The van der Waals surface area contributed by atoms with Gasteiger partial charge in [0, 0.05) is 53.3 Å². The van der Waals surface area contributed by atoms with Crippen molar-refractivity contribution >= 4 is 53.3 Å². The lowest BCUT2D eigenvalue weighted by atomic mass is 10.00. The Morgan fingerprint density at radius 1 is 0.304 bits per heavy atom. The largest absolute Gasteiger partial charge is 0.309 e. The second-order valence-electron chi connectivity index (χ2n) is 14.1. The molecule has 0 aliphatic heterocycles. The Morgan fingerprint density at radius 3 is 1.45 bits per heavy atom. The van der Waals surface area contributed by atoms with Crippen LogP contribution in [0.4, 0.5) is 0 Å². The molecule has 0 unspecified atom stereocenters. The van der Waals surface area contributed by atoms with E-state index in [2.05, 4.69) is 174 Å². The molecule has 0 spiro atoms. The number of rotatable bonds is 6. The predicted octanol–water partition coefficient (Wildman–Crippen LogP) is 13.7. The fourth-order valence-corrected chi connectivity index (χ4v) is 9.08. The van der Waals surface area contributed by atoms with Crippen LogP contribution < -0.4 is 0 Å². The van der Waals surface area contributed by atoms with Gasteiger partial charge in [-0.15, -0.1) is 11.3 Å². The van der Waals surface area contributed by atoms with Crippen LogP contribution in [0.2, 0.25) is 0 Å². The van der Waals surface area contributed by atoms with Gasteiger partial charge >= 0.3 is 0 Å². The van der Waals surface area contributed by atoms with Crippen LogP contribution in [0.25, 0.3) is 104 Å². The molecule has 0 saturated carbocycles. The number of aromatic nitrogens is 4. The van der Waals surface area contributed by atoms with Crippen molar-refractivity contribution in [2.75, 3.05) is 0 Å². The van der Waals surface area contributed by atoms with Crippen molar-refractivity contribution in [3.8, 4) is 62.1 Å². The van der Waals surface area contributed by atoms with Crippen LogP contribution in [-0.4, -0.2) is 19.5 Å². The number of hydrogen-bond acceptors (Lipinski definition) is 4. The molecule has 8 aromatic carbocycles. The summed E-state index contributed by atoms with van der Waals surface area (Å²) in [4.78, 5) is 15.5. The van der Waals surface area contributed by atoms with E-state index in [1.54, 1.807) is 0 Å². The van der Waals surface area contributed by atoms with Crippen molar-refractivity contribution in [1.82, 2.24) is 19.5 Å². The van der Waals surface area contributed by atoms with Crippen LogP contribution in [0.15, 0.2) is 194 Å². The molecule has 0 radical (unpaired) electrons. The minimum absolute atomic E-state index is 0.618. The molecule has 5 heteroatoms. The topological polar surface area (TPSA) is 43.6 Å². The third kappa shape index (κ3) is 5.56. The average Bonchev–Trinajstić information content (AvgIpc) is 3.82. The maximum Gasteiger partial charge on any atom is 0.164 e. The Bertz CT molecular complexity index is 3180. The van der Waals surface area contributed by atoms with E-state index in [-0.39, 0.29) is 0 Å². The molecule has 262 valence electrons. The summed E-state index contributed by atoms with van der Waals surface area (Å²) in [6, 6.07) is 68.7. The van der Waals surface area contributed by atoms with Gasteiger partial charge in [-0.25, -0.2) is 15.0 Å². The van der Waals surface area contributed by atoms with Gasteiger partial charge in [0.05, 0.1) is 11.0 Å². The van der Waals surface area contributed by atoms with Crippen molar-refractivity contribution in [3.63, 3.8) is 0 Å². The molecule has 0 aliphatic rings. The van der Waals surface area contributed by atoms with Crippen LogP contribution in [0.5, 0.6) is 0 Å². The second kappa shape index (κ2) is 13.3. The maximum absolute atomic E-state index is 5.23. The van der Waals surface area contributed by atoms with Crippen LogP contribution in [-0.2, 0) is 0 Å². The summed E-state index contributed by atoms with van der Waals surface area (Å²) in [5, 5.41) is 5.01. The first-order valence-corrected chi connectivity index (χ1v) is 19.6. The standard InChI is InChI=1S/C51H32N4S/c1-3-13-33(14-4-1)34-23-25-36(26-24-34)50-52-49(35-15-5-2-6-16-35)53-51(54-50)39-29-38(37-27-28-44-43-19-9-12-22-47(43)56-48(44)32-37)30-40(31-39)55-45-20-10-7-17-41(45)42-18-8-11-21-46(42)55/h1-32H. The highest BCUT2D eigenvalue weighted by atomic mass is 32.1. The highest BCUT2D eigenvalue weighted by Gasteiger charge is 2.18. The smallest absolute Gasteiger partial charge is 0.164 e. The molecule has 0 atom stereocenters. The zero-order valence-corrected chi connectivity index (χ0v) is 31.0. The maximum atomic E-state index is 5.23. The van der Waals surface area contributed by atoms with Gasteiger partial charge in [-0.1, -0.05) is 152 Å². The fraction of sp³-hybridized carbons (Fsp3) is 0. The van der Waals surface area contributed by atoms with E-state index in [1.165, 1.54) is 36.5 Å². The zero-order valence-electron chi connectivity index (χ0n) is 30.2. The van der Waals surface area contributed by atoms with Gasteiger partial charge in [-0.2, -0.15) is 0 Å². The molecular weight excluding hydrogens is 701 g/mol. The third-order valence-corrected chi connectivity index (χ3v) is 11.8. The van der Waals surface area contributed by atoms with Gasteiger partial charge in [0.1, 0.15) is 0 Å². The molecule has 11 rings (SSSR count). The van der Waals surface area contributed by atoms with Gasteiger partial charge in [-0.3, -0.25) is 0 Å². The lowest BCUT2D eigenvalue weighted by Crippen LogP contribution is -2.02. The normalized spacial score (nSPS) is 11.6. The van der Waals surface area contributed by atoms with Crippen molar-refractivity contribution in [1.29, 1.82) is 0 Å². The third-order valence-electron chi connectivity index (χ3n) is 10.6. The molecule has 3 aromatic heterocycles. The number of para-hydroxylation sites is 2. The molecule has 0 amide bonds. The van der Waals surface area contributed by atoms with Crippen LogP contribution >= 0.6 is 11.3 Å². The molecule has 11 aromatic rings. The quantitative estimate of drug-likeness (QED) is 0.171. The molecule has 0 bridgehead atoms. The Kier molecular flexibility index (Phi) is 7.64. The van der Waals surface area contributed by atoms with Crippen LogP contribution in [0.1, 0.15) is 0 Å². The van der Waals surface area contributed by atoms with Crippen LogP contribution in [0, 0.1) is 0 Å². The molecule has 0 N–H and O–H groups in total. The molecule has 0 aliphatic carbocycles. The van der Waals surface area contributed by atoms with Gasteiger partial charge < -0.3 is 4.57 Å². The SMILES string of the molecule is c1ccc(-c2ccc(-c3nc(-c4ccccc4)nc(-c4cc(-c5ccc6c(c5)sc5ccccc56)cc(-n5c6ccccc6c6ccccc65)c4)n3)cc2)cc1. The van der Waals surface area contributed by atoms with Crippen molar-refractivity contribution in [2.24, 2.45) is 0 Å². The summed E-state index contributed by atoms with van der Waals surface area (Å²) in [6.07, 6.45) is 0. The van der Waals surface area contributed by atoms with E-state index in [4.69, 9.17) is 15.0 Å². The number of benzene rings is 8. The summed E-state index contributed by atoms with van der Waals surface area (Å²) in [5.41, 5.74) is 10.7. The molecule has 0 fully saturated rings. The summed E-state index contributed by atoms with van der Waals surface area (Å²) in [6.45, 7) is 0. The van der Waals surface area contributed by atoms with E-state index in [0.29, 0.717) is 17.5 Å². The van der Waals surface area contributed by atoms with E-state index in [1.807, 2.05) is 35.6 Å².